The molecular weight excluding hydrogens is 982 g/mol. The smallest absolute Gasteiger partial charge is 0.309 e. The summed E-state index contributed by atoms with van der Waals surface area (Å²) in [4.78, 5) is 19.3. The molecule has 3 fully saturated rings. The fraction of sp³-hybridized carbons (Fsp3) is 0.800. The van der Waals surface area contributed by atoms with Gasteiger partial charge in [0, 0.05) is 70.8 Å². The van der Waals surface area contributed by atoms with Gasteiger partial charge in [-0.3, -0.25) is 10.5 Å². The fourth-order valence-electron chi connectivity index (χ4n) is 13.1. The van der Waals surface area contributed by atoms with Crippen LogP contribution < -0.4 is 5.73 Å². The Morgan fingerprint density at radius 3 is 2.24 bits per heavy atom. The van der Waals surface area contributed by atoms with Gasteiger partial charge in [0.2, 0.25) is 0 Å². The number of esters is 1. The number of benzene rings is 1. The molecule has 3 aromatic rings. The molecule has 7 heterocycles. The summed E-state index contributed by atoms with van der Waals surface area (Å²) in [5, 5.41) is 53.7. The van der Waals surface area contributed by atoms with Crippen molar-refractivity contribution in [3.63, 3.8) is 0 Å². The molecular formula is C55H90FN9O11. The van der Waals surface area contributed by atoms with Gasteiger partial charge < -0.3 is 58.3 Å². The molecule has 20 atom stereocenters. The van der Waals surface area contributed by atoms with Crippen LogP contribution in [0.15, 0.2) is 36.7 Å². The predicted octanol–water partition coefficient (Wildman–Crippen LogP) is 5.06. The Morgan fingerprint density at radius 2 is 1.59 bits per heavy atom. The third-order valence-corrected chi connectivity index (χ3v) is 17.7. The summed E-state index contributed by atoms with van der Waals surface area (Å²) in [7, 11) is 7.08. The zero-order valence-corrected chi connectivity index (χ0v) is 47.7. The largest absolute Gasteiger partial charge is 0.459 e. The van der Waals surface area contributed by atoms with E-state index in [1.807, 2.05) is 77.8 Å². The number of halogens is 1. The zero-order chi connectivity index (χ0) is 55.8. The highest BCUT2D eigenvalue weighted by Gasteiger charge is 2.56. The molecule has 5 aliphatic rings. The molecule has 2 unspecified atom stereocenters. The van der Waals surface area contributed by atoms with E-state index in [9.17, 15) is 15.3 Å². The molecule has 428 valence electrons. The van der Waals surface area contributed by atoms with Gasteiger partial charge in [-0.1, -0.05) is 50.3 Å². The van der Waals surface area contributed by atoms with E-state index in [1.165, 1.54) is 6.92 Å². The van der Waals surface area contributed by atoms with Crippen LogP contribution in [0.3, 0.4) is 0 Å². The molecule has 2 aromatic heterocycles. The maximum atomic E-state index is 15.1. The molecule has 0 saturated carbocycles. The molecule has 8 rings (SSSR count). The third-order valence-electron chi connectivity index (χ3n) is 17.7. The molecule has 8 bridgehead atoms. The molecule has 3 saturated heterocycles. The summed E-state index contributed by atoms with van der Waals surface area (Å²) in [6.45, 7) is 20.8. The van der Waals surface area contributed by atoms with Gasteiger partial charge in [0.1, 0.15) is 48.4 Å². The van der Waals surface area contributed by atoms with Gasteiger partial charge >= 0.3 is 5.97 Å². The lowest BCUT2D eigenvalue weighted by Gasteiger charge is -2.52. The quantitative estimate of drug-likeness (QED) is 0.245. The molecule has 20 nitrogen and oxygen atoms in total. The van der Waals surface area contributed by atoms with E-state index in [4.69, 9.17) is 38.9 Å². The van der Waals surface area contributed by atoms with Gasteiger partial charge in [-0.05, 0) is 111 Å². The van der Waals surface area contributed by atoms with E-state index >= 15 is 9.18 Å². The van der Waals surface area contributed by atoms with Crippen LogP contribution in [0.1, 0.15) is 137 Å². The highest BCUT2D eigenvalue weighted by atomic mass is 19.1. The number of hydrogen-bond acceptors (Lipinski definition) is 18. The number of nitrogens with zero attached hydrogens (tertiary/aromatic N) is 8. The number of cyclic esters (lactones) is 1. The lowest BCUT2D eigenvalue weighted by atomic mass is 9.68. The average molecular weight is 1070 g/mol. The van der Waals surface area contributed by atoms with Gasteiger partial charge in [-0.15, -0.1) is 10.2 Å². The molecule has 0 amide bonds. The van der Waals surface area contributed by atoms with Crippen molar-refractivity contribution in [2.75, 3.05) is 48.1 Å². The number of carbonyl (C=O) groups is 1. The second-order valence-corrected chi connectivity index (χ2v) is 23.8. The number of aliphatic hydroxyl groups is 3. The minimum atomic E-state index is -1.83. The third kappa shape index (κ3) is 12.6. The monoisotopic (exact) mass is 1070 g/mol. The Labute approximate surface area is 449 Å². The fourth-order valence-corrected chi connectivity index (χ4v) is 13.1. The van der Waals surface area contributed by atoms with E-state index < -0.39 is 114 Å². The van der Waals surface area contributed by atoms with Crippen molar-refractivity contribution in [3.05, 3.63) is 53.6 Å². The average Bonchev–Trinajstić information content (AvgIpc) is 4.07. The van der Waals surface area contributed by atoms with Crippen molar-refractivity contribution in [3.8, 4) is 5.69 Å². The summed E-state index contributed by atoms with van der Waals surface area (Å²) in [5.41, 5.74) is 3.98. The van der Waals surface area contributed by atoms with Crippen molar-refractivity contribution in [2.45, 2.75) is 210 Å². The van der Waals surface area contributed by atoms with Crippen LogP contribution in [0.5, 0.6) is 0 Å². The number of rotatable bonds is 5. The van der Waals surface area contributed by atoms with Gasteiger partial charge in [-0.25, -0.2) is 13.8 Å². The molecule has 5 N–H and O–H groups in total. The Hall–Kier alpha value is -3.58. The molecule has 76 heavy (non-hydrogen) atoms. The van der Waals surface area contributed by atoms with Gasteiger partial charge in [-0.2, -0.15) is 0 Å². The van der Waals surface area contributed by atoms with Crippen LogP contribution in [0, 0.1) is 23.7 Å². The number of hydrogen-bond donors (Lipinski definition) is 4. The van der Waals surface area contributed by atoms with Crippen molar-refractivity contribution in [1.29, 1.82) is 0 Å². The van der Waals surface area contributed by atoms with Crippen LogP contribution >= 0.6 is 0 Å². The van der Waals surface area contributed by atoms with Crippen LogP contribution in [-0.4, -0.2) is 187 Å². The number of methoxy groups -OCH3 is 2. The van der Waals surface area contributed by atoms with Gasteiger partial charge in [0.25, 0.3) is 0 Å². The summed E-state index contributed by atoms with van der Waals surface area (Å²) < 4.78 is 65.2. The number of ether oxygens (including phenoxy) is 7. The van der Waals surface area contributed by atoms with Crippen LogP contribution in [0.25, 0.3) is 5.69 Å². The maximum Gasteiger partial charge on any atom is 0.309 e. The summed E-state index contributed by atoms with van der Waals surface area (Å²) in [6.07, 6.45) is -1.42. The van der Waals surface area contributed by atoms with E-state index in [0.29, 0.717) is 55.8 Å². The Kier molecular flexibility index (Phi) is 19.0. The predicted molar refractivity (Wildman–Crippen MR) is 281 cm³/mol. The molecule has 0 radical (unpaired) electrons. The van der Waals surface area contributed by atoms with E-state index in [0.717, 1.165) is 5.56 Å². The Balaban J connectivity index is 1.41. The first-order valence-corrected chi connectivity index (χ1v) is 27.4. The van der Waals surface area contributed by atoms with Crippen LogP contribution in [0.2, 0.25) is 0 Å². The van der Waals surface area contributed by atoms with Crippen molar-refractivity contribution in [1.82, 2.24) is 39.8 Å². The van der Waals surface area contributed by atoms with Crippen molar-refractivity contribution in [2.24, 2.45) is 29.4 Å². The number of carbonyl (C=O) groups excluding carboxylic acids is 1. The highest BCUT2D eigenvalue weighted by Crippen LogP contribution is 2.47. The summed E-state index contributed by atoms with van der Waals surface area (Å²) >= 11 is 0. The summed E-state index contributed by atoms with van der Waals surface area (Å²) in [5.74, 6) is -3.02. The second kappa shape index (κ2) is 24.0. The first-order chi connectivity index (χ1) is 35.7. The topological polar surface area (TPSA) is 236 Å². The van der Waals surface area contributed by atoms with Crippen molar-refractivity contribution >= 4 is 5.97 Å². The minimum absolute atomic E-state index is 0.0143. The Bertz CT molecular complexity index is 2360. The van der Waals surface area contributed by atoms with E-state index in [2.05, 4.69) is 39.5 Å². The van der Waals surface area contributed by atoms with Gasteiger partial charge in [0.05, 0.1) is 59.1 Å². The first kappa shape index (κ1) is 60.1. The first-order valence-electron chi connectivity index (χ1n) is 27.4. The van der Waals surface area contributed by atoms with Crippen molar-refractivity contribution < 1.29 is 57.7 Å². The van der Waals surface area contributed by atoms with E-state index in [-0.39, 0.29) is 30.9 Å². The summed E-state index contributed by atoms with van der Waals surface area (Å²) in [6, 6.07) is 6.04. The minimum Gasteiger partial charge on any atom is -0.459 e. The molecule has 1 aromatic carbocycles. The number of nitrogens with two attached hydrogens (primary N) is 1. The second-order valence-electron chi connectivity index (χ2n) is 23.8. The lowest BCUT2D eigenvalue weighted by molar-refractivity contribution is -0.296. The standard InChI is InChI=1S/C55H90FN9O11/c1-16-44-54(10,69)48(66)35(6)63(13)28-31(2)25-53(9)50(33(4)46(34(5)51(68)74-44)42-26-52(8,71-15)49(67)36(7)73-42)75-45-24-40(23-32(3)72-45)62(12)22-21-38-29-65(60-58-38)41(27-56)47(70-14)37-17-19-39(20-18-37)64-30-43(59-61-64)55(11,57)76-53/h17-20,29-36,40-42,44-50,66-67,69H,16,21-28,57H2,1-15H3/t31-,32-,33+,34-,35-,36+,40+,41-,42-,44-,45+,46?,47-,48-,49+,50-,52-,53-,54-,55?/m1/s1. The van der Waals surface area contributed by atoms with E-state index in [1.54, 1.807) is 56.7 Å². The number of aliphatic hydroxyl groups excluding tert-OH is 2. The normalized spacial score (nSPS) is 42.3. The lowest BCUT2D eigenvalue weighted by Crippen LogP contribution is -2.62. The molecule has 5 aliphatic heterocycles. The number of aromatic nitrogens is 6. The molecule has 0 spiro atoms. The Morgan fingerprint density at radius 1 is 0.895 bits per heavy atom. The maximum absolute atomic E-state index is 15.1. The highest BCUT2D eigenvalue weighted by molar-refractivity contribution is 5.73. The number of fused-ring (bicyclic) bond motifs is 6. The van der Waals surface area contributed by atoms with Crippen LogP contribution in [0.4, 0.5) is 4.39 Å². The van der Waals surface area contributed by atoms with Gasteiger partial charge in [0.15, 0.2) is 12.0 Å². The number of likely N-dealkylation sites (N-methyl/N-ethyl adjacent to an activating group) is 2. The number of alkyl halides is 1. The molecule has 21 heteroatoms. The molecule has 0 aliphatic carbocycles. The van der Waals surface area contributed by atoms with Crippen LogP contribution in [-0.2, 0) is 50.1 Å². The zero-order valence-electron chi connectivity index (χ0n) is 47.7. The SMILES string of the molecule is CC[C@H]1OC(=O)[C@H](C)C([C@H]2C[C@@](C)(OC)[C@@H](O)[C@H](C)O2)[C@H](C)[C@H]2O[C@H]3C[C@H](C[C@@H](C)O3)N(C)CCc3cn(nn3)[C@H](CF)[C@H](OC)c3ccc(cc3)-n3cc(nn3)C(C)(N)O[C@]2(C)C[C@@H](C)CN(C)[C@H](C)[C@@H](O)[C@]1(C)O.